The summed E-state index contributed by atoms with van der Waals surface area (Å²) in [5, 5.41) is 5.69. The van der Waals surface area contributed by atoms with Gasteiger partial charge in [-0.05, 0) is 55.3 Å². The molecule has 0 aliphatic rings. The van der Waals surface area contributed by atoms with Gasteiger partial charge in [0, 0.05) is 22.0 Å². The van der Waals surface area contributed by atoms with E-state index in [2.05, 4.69) is 5.32 Å². The fraction of sp³-hybridized carbons (Fsp3) is 0.167. The van der Waals surface area contributed by atoms with E-state index in [4.69, 9.17) is 21.1 Å². The maximum atomic E-state index is 12.7. The molecule has 1 heterocycles. The second kappa shape index (κ2) is 10.8. The second-order valence-electron chi connectivity index (χ2n) is 6.41. The van der Waals surface area contributed by atoms with Crippen LogP contribution < -0.4 is 10.1 Å². The highest BCUT2D eigenvalue weighted by Gasteiger charge is 2.22. The summed E-state index contributed by atoms with van der Waals surface area (Å²) in [5.74, 6) is -0.0785. The Morgan fingerprint density at radius 3 is 2.39 bits per heavy atom. The molecular weight excluding hydrogens is 434 g/mol. The number of hydrogen-bond donors (Lipinski definition) is 1. The minimum Gasteiger partial charge on any atom is -0.494 e. The largest absolute Gasteiger partial charge is 0.494 e. The molecule has 7 heteroatoms. The number of ether oxygens (including phenoxy) is 2. The average molecular weight is 456 g/mol. The Morgan fingerprint density at radius 1 is 1.03 bits per heavy atom. The number of thiophene rings is 1. The van der Waals surface area contributed by atoms with E-state index in [0.717, 1.165) is 16.9 Å². The summed E-state index contributed by atoms with van der Waals surface area (Å²) >= 11 is 7.16. The Hall–Kier alpha value is -3.09. The van der Waals surface area contributed by atoms with Crippen LogP contribution in [0.1, 0.15) is 29.8 Å². The molecule has 0 saturated heterocycles. The van der Waals surface area contributed by atoms with E-state index in [1.807, 2.05) is 48.7 Å². The molecule has 0 aliphatic carbocycles. The molecule has 0 spiro atoms. The molecule has 0 aliphatic heterocycles. The molecule has 0 bridgehead atoms. The molecule has 3 rings (SSSR count). The summed E-state index contributed by atoms with van der Waals surface area (Å²) in [6, 6.07) is 14.6. The molecule has 0 fully saturated rings. The third-order valence-corrected chi connectivity index (χ3v) is 5.43. The molecule has 160 valence electrons. The number of amides is 1. The molecule has 2 aromatic carbocycles. The van der Waals surface area contributed by atoms with Crippen molar-refractivity contribution in [2.45, 2.75) is 13.8 Å². The Bertz CT molecular complexity index is 1070. The smallest absolute Gasteiger partial charge is 0.341 e. The third-order valence-electron chi connectivity index (χ3n) is 4.28. The highest BCUT2D eigenvalue weighted by Crippen LogP contribution is 2.37. The predicted octanol–water partition coefficient (Wildman–Crippen LogP) is 6.30. The average Bonchev–Trinajstić information content (AvgIpc) is 3.18. The van der Waals surface area contributed by atoms with Gasteiger partial charge in [0.15, 0.2) is 0 Å². The van der Waals surface area contributed by atoms with Crippen LogP contribution in [0.5, 0.6) is 5.75 Å². The lowest BCUT2D eigenvalue weighted by Gasteiger charge is -2.09. The Balaban J connectivity index is 1.85. The van der Waals surface area contributed by atoms with E-state index in [-0.39, 0.29) is 12.5 Å². The predicted molar refractivity (Wildman–Crippen MR) is 126 cm³/mol. The molecule has 1 aromatic heterocycles. The first-order valence-electron chi connectivity index (χ1n) is 9.78. The Kier molecular flexibility index (Phi) is 7.87. The van der Waals surface area contributed by atoms with Crippen molar-refractivity contribution in [2.75, 3.05) is 18.5 Å². The zero-order valence-electron chi connectivity index (χ0n) is 17.2. The summed E-state index contributed by atoms with van der Waals surface area (Å²) in [7, 11) is 0. The summed E-state index contributed by atoms with van der Waals surface area (Å²) in [5.41, 5.74) is 2.71. The van der Waals surface area contributed by atoms with Gasteiger partial charge in [-0.25, -0.2) is 4.79 Å². The number of carbonyl (C=O) groups is 2. The number of nitrogens with one attached hydrogen (secondary N) is 1. The van der Waals surface area contributed by atoms with Crippen molar-refractivity contribution in [3.63, 3.8) is 0 Å². The van der Waals surface area contributed by atoms with Gasteiger partial charge < -0.3 is 14.8 Å². The minimum atomic E-state index is -0.482. The van der Waals surface area contributed by atoms with Crippen LogP contribution in [0.25, 0.3) is 17.2 Å². The lowest BCUT2D eigenvalue weighted by Crippen LogP contribution is -2.12. The third kappa shape index (κ3) is 5.96. The molecule has 31 heavy (non-hydrogen) atoms. The zero-order chi connectivity index (χ0) is 22.2. The highest BCUT2D eigenvalue weighted by atomic mass is 35.5. The first kappa shape index (κ1) is 22.6. The number of hydrogen-bond acceptors (Lipinski definition) is 5. The van der Waals surface area contributed by atoms with Crippen molar-refractivity contribution < 1.29 is 19.1 Å². The quantitative estimate of drug-likeness (QED) is 0.320. The van der Waals surface area contributed by atoms with Crippen molar-refractivity contribution in [2.24, 2.45) is 0 Å². The number of halogens is 1. The van der Waals surface area contributed by atoms with Crippen LogP contribution in [0.4, 0.5) is 5.00 Å². The number of rotatable bonds is 8. The Morgan fingerprint density at radius 2 is 1.74 bits per heavy atom. The van der Waals surface area contributed by atoms with Crippen molar-refractivity contribution in [3.8, 4) is 16.9 Å². The van der Waals surface area contributed by atoms with Gasteiger partial charge in [-0.3, -0.25) is 4.79 Å². The molecule has 1 amide bonds. The van der Waals surface area contributed by atoms with Crippen LogP contribution in [-0.2, 0) is 9.53 Å². The van der Waals surface area contributed by atoms with E-state index < -0.39 is 5.97 Å². The highest BCUT2D eigenvalue weighted by molar-refractivity contribution is 7.15. The summed E-state index contributed by atoms with van der Waals surface area (Å²) < 4.78 is 10.7. The van der Waals surface area contributed by atoms with Gasteiger partial charge >= 0.3 is 5.97 Å². The molecule has 0 saturated carbocycles. The fourth-order valence-electron chi connectivity index (χ4n) is 2.87. The lowest BCUT2D eigenvalue weighted by atomic mass is 10.0. The van der Waals surface area contributed by atoms with Crippen LogP contribution in [0, 0.1) is 0 Å². The standard InChI is InChI=1S/C24H22ClNO4S/c1-3-29-19-12-8-17(9-13-19)20-15-31-23(22(20)24(28)30-4-2)26-21(27)14-7-16-5-10-18(25)11-6-16/h5-15H,3-4H2,1-2H3,(H,26,27)/b14-7+. The van der Waals surface area contributed by atoms with E-state index in [9.17, 15) is 9.59 Å². The van der Waals surface area contributed by atoms with Gasteiger partial charge in [-0.15, -0.1) is 11.3 Å². The molecule has 0 unspecified atom stereocenters. The van der Waals surface area contributed by atoms with E-state index in [0.29, 0.717) is 27.8 Å². The van der Waals surface area contributed by atoms with Gasteiger partial charge in [0.2, 0.25) is 5.91 Å². The number of anilines is 1. The number of esters is 1. The van der Waals surface area contributed by atoms with E-state index >= 15 is 0 Å². The topological polar surface area (TPSA) is 64.6 Å². The molecule has 0 atom stereocenters. The van der Waals surface area contributed by atoms with Gasteiger partial charge in [-0.1, -0.05) is 35.9 Å². The van der Waals surface area contributed by atoms with Gasteiger partial charge in [0.05, 0.1) is 13.2 Å². The summed E-state index contributed by atoms with van der Waals surface area (Å²) in [6.45, 7) is 4.47. The fourth-order valence-corrected chi connectivity index (χ4v) is 3.95. The van der Waals surface area contributed by atoms with Crippen LogP contribution in [0.3, 0.4) is 0 Å². The number of benzene rings is 2. The second-order valence-corrected chi connectivity index (χ2v) is 7.72. The molecule has 5 nitrogen and oxygen atoms in total. The zero-order valence-corrected chi connectivity index (χ0v) is 18.8. The number of carbonyl (C=O) groups excluding carboxylic acids is 2. The van der Waals surface area contributed by atoms with Gasteiger partial charge in [0.1, 0.15) is 16.3 Å². The van der Waals surface area contributed by atoms with Crippen LogP contribution in [0.2, 0.25) is 5.02 Å². The molecule has 1 N–H and O–H groups in total. The lowest BCUT2D eigenvalue weighted by molar-refractivity contribution is -0.111. The first-order chi connectivity index (χ1) is 15.0. The minimum absolute atomic E-state index is 0.237. The van der Waals surface area contributed by atoms with Crippen molar-refractivity contribution in [1.29, 1.82) is 0 Å². The van der Waals surface area contributed by atoms with E-state index in [1.54, 1.807) is 25.1 Å². The van der Waals surface area contributed by atoms with Crippen molar-refractivity contribution in [3.05, 3.63) is 76.1 Å². The molecule has 3 aromatic rings. The Labute approximate surface area is 190 Å². The SMILES string of the molecule is CCOC(=O)c1c(-c2ccc(OCC)cc2)csc1NC(=O)/C=C/c1ccc(Cl)cc1. The van der Waals surface area contributed by atoms with E-state index in [1.165, 1.54) is 17.4 Å². The normalized spacial score (nSPS) is 10.8. The monoisotopic (exact) mass is 455 g/mol. The van der Waals surface area contributed by atoms with Crippen LogP contribution >= 0.6 is 22.9 Å². The van der Waals surface area contributed by atoms with Crippen LogP contribution in [-0.4, -0.2) is 25.1 Å². The maximum absolute atomic E-state index is 12.7. The van der Waals surface area contributed by atoms with Gasteiger partial charge in [-0.2, -0.15) is 0 Å². The molecular formula is C24H22ClNO4S. The van der Waals surface area contributed by atoms with Crippen LogP contribution in [0.15, 0.2) is 60.0 Å². The summed E-state index contributed by atoms with van der Waals surface area (Å²) in [4.78, 5) is 25.1. The first-order valence-corrected chi connectivity index (χ1v) is 11.0. The summed E-state index contributed by atoms with van der Waals surface area (Å²) in [6.07, 6.45) is 3.09. The van der Waals surface area contributed by atoms with Gasteiger partial charge in [0.25, 0.3) is 0 Å². The van der Waals surface area contributed by atoms with Crippen molar-refractivity contribution >= 4 is 45.9 Å². The maximum Gasteiger partial charge on any atom is 0.341 e. The van der Waals surface area contributed by atoms with Crippen molar-refractivity contribution in [1.82, 2.24) is 0 Å². The molecule has 0 radical (unpaired) electrons.